The summed E-state index contributed by atoms with van der Waals surface area (Å²) in [7, 11) is 0. The van der Waals surface area contributed by atoms with Crippen molar-refractivity contribution < 1.29 is 19.0 Å². The van der Waals surface area contributed by atoms with Crippen molar-refractivity contribution in [1.29, 1.82) is 0 Å². The van der Waals surface area contributed by atoms with Gasteiger partial charge in [0, 0.05) is 5.56 Å². The van der Waals surface area contributed by atoms with Gasteiger partial charge < -0.3 is 9.84 Å². The van der Waals surface area contributed by atoms with E-state index in [1.807, 2.05) is 13.8 Å². The van der Waals surface area contributed by atoms with Gasteiger partial charge in [-0.3, -0.25) is 0 Å². The van der Waals surface area contributed by atoms with Gasteiger partial charge in [0.2, 0.25) is 5.67 Å². The number of halogens is 1. The lowest BCUT2D eigenvalue weighted by Gasteiger charge is -2.16. The van der Waals surface area contributed by atoms with E-state index in [2.05, 4.69) is 0 Å². The highest BCUT2D eigenvalue weighted by Gasteiger charge is 2.34. The Bertz CT molecular complexity index is 368. The molecule has 1 rings (SSSR count). The Hall–Kier alpha value is -1.58. The van der Waals surface area contributed by atoms with Crippen LogP contribution >= 0.6 is 0 Å². The van der Waals surface area contributed by atoms with Gasteiger partial charge >= 0.3 is 5.97 Å². The van der Waals surface area contributed by atoms with Crippen LogP contribution in [0.2, 0.25) is 0 Å². The predicted octanol–water partition coefficient (Wildman–Crippen LogP) is 2.74. The van der Waals surface area contributed by atoms with Crippen LogP contribution < -0.4 is 4.74 Å². The van der Waals surface area contributed by atoms with Gasteiger partial charge in [-0.15, -0.1) is 0 Å². The van der Waals surface area contributed by atoms with Crippen LogP contribution in [-0.2, 0) is 10.5 Å². The first kappa shape index (κ1) is 12.5. The molecule has 1 aromatic rings. The monoisotopic (exact) mass is 226 g/mol. The molecule has 0 saturated carbocycles. The van der Waals surface area contributed by atoms with Crippen LogP contribution in [0.1, 0.15) is 26.3 Å². The molecule has 0 heterocycles. The molecule has 0 aliphatic rings. The van der Waals surface area contributed by atoms with Crippen LogP contribution in [0, 0.1) is 0 Å². The summed E-state index contributed by atoms with van der Waals surface area (Å²) in [5.41, 5.74) is -2.26. The van der Waals surface area contributed by atoms with Gasteiger partial charge in [0.15, 0.2) is 0 Å². The van der Waals surface area contributed by atoms with Crippen LogP contribution in [0.3, 0.4) is 0 Å². The second-order valence-corrected chi connectivity index (χ2v) is 4.00. The largest absolute Gasteiger partial charge is 0.491 e. The first-order valence-electron chi connectivity index (χ1n) is 5.03. The normalized spacial score (nSPS) is 14.6. The summed E-state index contributed by atoms with van der Waals surface area (Å²) in [5, 5.41) is 8.70. The molecule has 0 aliphatic heterocycles. The lowest BCUT2D eigenvalue weighted by Crippen LogP contribution is -2.26. The Kier molecular flexibility index (Phi) is 3.52. The molecule has 0 aromatic heterocycles. The Balaban J connectivity index is 2.91. The Morgan fingerprint density at radius 2 is 1.88 bits per heavy atom. The smallest absolute Gasteiger partial charge is 0.345 e. The zero-order valence-electron chi connectivity index (χ0n) is 9.53. The molecule has 0 saturated heterocycles. The number of carbonyl (C=O) groups is 1. The van der Waals surface area contributed by atoms with E-state index in [4.69, 9.17) is 9.84 Å². The summed E-state index contributed by atoms with van der Waals surface area (Å²) in [6.07, 6.45) is 0.0297. The van der Waals surface area contributed by atoms with Gasteiger partial charge in [0.25, 0.3) is 0 Å². The van der Waals surface area contributed by atoms with Crippen LogP contribution in [0.4, 0.5) is 4.39 Å². The first-order valence-corrected chi connectivity index (χ1v) is 5.03. The lowest BCUT2D eigenvalue weighted by atomic mass is 9.98. The number of hydrogen-bond donors (Lipinski definition) is 1. The van der Waals surface area contributed by atoms with Gasteiger partial charge in [0.1, 0.15) is 5.75 Å². The fourth-order valence-corrected chi connectivity index (χ4v) is 1.24. The number of aliphatic carboxylic acids is 1. The van der Waals surface area contributed by atoms with Crippen molar-refractivity contribution in [3.8, 4) is 5.75 Å². The third-order valence-corrected chi connectivity index (χ3v) is 2.17. The minimum Gasteiger partial charge on any atom is -0.491 e. The van der Waals surface area contributed by atoms with Crippen molar-refractivity contribution in [2.24, 2.45) is 0 Å². The topological polar surface area (TPSA) is 46.5 Å². The van der Waals surface area contributed by atoms with E-state index in [9.17, 15) is 9.18 Å². The summed E-state index contributed by atoms with van der Waals surface area (Å²) < 4.78 is 19.1. The number of benzene rings is 1. The number of ether oxygens (including phenoxy) is 1. The maximum Gasteiger partial charge on any atom is 0.345 e. The van der Waals surface area contributed by atoms with E-state index < -0.39 is 11.6 Å². The zero-order valence-corrected chi connectivity index (χ0v) is 9.53. The molecule has 1 atom stereocenters. The fourth-order valence-electron chi connectivity index (χ4n) is 1.24. The number of alkyl halides is 1. The molecule has 88 valence electrons. The van der Waals surface area contributed by atoms with E-state index in [1.54, 1.807) is 12.1 Å². The maximum absolute atomic E-state index is 13.7. The van der Waals surface area contributed by atoms with Crippen molar-refractivity contribution in [2.75, 3.05) is 0 Å². The number of rotatable bonds is 4. The number of hydrogen-bond acceptors (Lipinski definition) is 2. The lowest BCUT2D eigenvalue weighted by molar-refractivity contribution is -0.150. The molecular weight excluding hydrogens is 211 g/mol. The Morgan fingerprint density at radius 3 is 2.25 bits per heavy atom. The van der Waals surface area contributed by atoms with Crippen LogP contribution in [0.5, 0.6) is 5.75 Å². The number of carboxylic acid groups (broad SMARTS) is 1. The minimum atomic E-state index is -2.36. The molecule has 1 N–H and O–H groups in total. The van der Waals surface area contributed by atoms with Gasteiger partial charge in [-0.1, -0.05) is 12.1 Å². The van der Waals surface area contributed by atoms with Crippen molar-refractivity contribution >= 4 is 5.97 Å². The maximum atomic E-state index is 13.7. The van der Waals surface area contributed by atoms with E-state index >= 15 is 0 Å². The molecule has 0 radical (unpaired) electrons. The highest BCUT2D eigenvalue weighted by Crippen LogP contribution is 2.27. The minimum absolute atomic E-state index is 0.0297. The summed E-state index contributed by atoms with van der Waals surface area (Å²) >= 11 is 0. The average molecular weight is 226 g/mol. The molecule has 16 heavy (non-hydrogen) atoms. The second kappa shape index (κ2) is 4.51. The molecule has 0 bridgehead atoms. The standard InChI is InChI=1S/C12H15FO3/c1-8(2)16-10-6-4-9(5-7-10)12(3,13)11(14)15/h4-8H,1-3H3,(H,14,15). The molecular formula is C12H15FO3. The molecule has 1 aromatic carbocycles. The summed E-state index contributed by atoms with van der Waals surface area (Å²) in [6.45, 7) is 4.78. The van der Waals surface area contributed by atoms with Gasteiger partial charge in [-0.05, 0) is 32.9 Å². The van der Waals surface area contributed by atoms with E-state index in [-0.39, 0.29) is 11.7 Å². The Labute approximate surface area is 93.9 Å². The van der Waals surface area contributed by atoms with Crippen LogP contribution in [0.15, 0.2) is 24.3 Å². The molecule has 1 unspecified atom stereocenters. The SMILES string of the molecule is CC(C)Oc1ccc(C(C)(F)C(=O)O)cc1. The third kappa shape index (κ3) is 2.72. The fraction of sp³-hybridized carbons (Fsp3) is 0.417. The van der Waals surface area contributed by atoms with E-state index in [0.29, 0.717) is 5.75 Å². The molecule has 4 heteroatoms. The average Bonchev–Trinajstić information content (AvgIpc) is 2.17. The van der Waals surface area contributed by atoms with Gasteiger partial charge in [0.05, 0.1) is 6.10 Å². The van der Waals surface area contributed by atoms with E-state index in [0.717, 1.165) is 6.92 Å². The second-order valence-electron chi connectivity index (χ2n) is 4.00. The van der Waals surface area contributed by atoms with Crippen LogP contribution in [-0.4, -0.2) is 17.2 Å². The van der Waals surface area contributed by atoms with Crippen molar-refractivity contribution in [1.82, 2.24) is 0 Å². The van der Waals surface area contributed by atoms with Crippen molar-refractivity contribution in [3.05, 3.63) is 29.8 Å². The van der Waals surface area contributed by atoms with Crippen molar-refractivity contribution in [3.63, 3.8) is 0 Å². The number of carboxylic acids is 1. The highest BCUT2D eigenvalue weighted by molar-refractivity contribution is 5.78. The summed E-state index contributed by atoms with van der Waals surface area (Å²) in [6, 6.07) is 5.98. The van der Waals surface area contributed by atoms with Gasteiger partial charge in [-0.2, -0.15) is 0 Å². The van der Waals surface area contributed by atoms with Crippen molar-refractivity contribution in [2.45, 2.75) is 32.5 Å². The Morgan fingerprint density at radius 1 is 1.38 bits per heavy atom. The molecule has 0 fully saturated rings. The predicted molar refractivity (Wildman–Crippen MR) is 58.3 cm³/mol. The summed E-state index contributed by atoms with van der Waals surface area (Å²) in [4.78, 5) is 10.7. The highest BCUT2D eigenvalue weighted by atomic mass is 19.1. The quantitative estimate of drug-likeness (QED) is 0.858. The molecule has 0 spiro atoms. The summed E-state index contributed by atoms with van der Waals surface area (Å²) in [5.74, 6) is -0.898. The zero-order chi connectivity index (χ0) is 12.3. The third-order valence-electron chi connectivity index (χ3n) is 2.17. The van der Waals surface area contributed by atoms with Gasteiger partial charge in [-0.25, -0.2) is 9.18 Å². The first-order chi connectivity index (χ1) is 7.34. The molecule has 0 aliphatic carbocycles. The molecule has 0 amide bonds. The van der Waals surface area contributed by atoms with Crippen LogP contribution in [0.25, 0.3) is 0 Å². The van der Waals surface area contributed by atoms with E-state index in [1.165, 1.54) is 12.1 Å². The molecule has 3 nitrogen and oxygen atoms in total.